The first-order valence-electron chi connectivity index (χ1n) is 5.42. The van der Waals surface area contributed by atoms with Crippen molar-refractivity contribution in [3.63, 3.8) is 0 Å². The standard InChI is InChI=1S/C12H20N2O/c1-3-7-15-11-6-4-5-10(8-11)12(9-13)14-2/h4-6,8,12,14H,3,7,9,13H2,1-2H3. The van der Waals surface area contributed by atoms with Crippen LogP contribution in [0, 0.1) is 0 Å². The number of nitrogens with two attached hydrogens (primary N) is 1. The van der Waals surface area contributed by atoms with Gasteiger partial charge in [-0.2, -0.15) is 0 Å². The van der Waals surface area contributed by atoms with E-state index in [0.29, 0.717) is 6.54 Å². The molecule has 1 atom stereocenters. The summed E-state index contributed by atoms with van der Waals surface area (Å²) in [5, 5.41) is 3.17. The Labute approximate surface area is 91.6 Å². The highest BCUT2D eigenvalue weighted by Crippen LogP contribution is 2.18. The Bertz CT molecular complexity index is 285. The number of benzene rings is 1. The van der Waals surface area contributed by atoms with Gasteiger partial charge in [0.25, 0.3) is 0 Å². The Morgan fingerprint density at radius 3 is 2.87 bits per heavy atom. The molecule has 1 rings (SSSR count). The lowest BCUT2D eigenvalue weighted by atomic mass is 10.1. The Hall–Kier alpha value is -1.06. The summed E-state index contributed by atoms with van der Waals surface area (Å²) in [6.45, 7) is 3.45. The molecule has 0 saturated heterocycles. The lowest BCUT2D eigenvalue weighted by Crippen LogP contribution is -2.24. The zero-order chi connectivity index (χ0) is 11.1. The zero-order valence-electron chi connectivity index (χ0n) is 9.49. The molecule has 1 aromatic carbocycles. The van der Waals surface area contributed by atoms with Gasteiger partial charge in [0.15, 0.2) is 0 Å². The van der Waals surface area contributed by atoms with Gasteiger partial charge < -0.3 is 15.8 Å². The molecule has 3 nitrogen and oxygen atoms in total. The third-order valence-corrected chi connectivity index (χ3v) is 2.32. The molecule has 0 spiro atoms. The van der Waals surface area contributed by atoms with Crippen molar-refractivity contribution in [2.75, 3.05) is 20.2 Å². The van der Waals surface area contributed by atoms with Crippen molar-refractivity contribution in [1.29, 1.82) is 0 Å². The molecular weight excluding hydrogens is 188 g/mol. The fourth-order valence-corrected chi connectivity index (χ4v) is 1.46. The first-order chi connectivity index (χ1) is 7.31. The number of hydrogen-bond acceptors (Lipinski definition) is 3. The number of nitrogens with one attached hydrogen (secondary N) is 1. The molecule has 0 heterocycles. The smallest absolute Gasteiger partial charge is 0.119 e. The lowest BCUT2D eigenvalue weighted by molar-refractivity contribution is 0.317. The monoisotopic (exact) mass is 208 g/mol. The quantitative estimate of drug-likeness (QED) is 0.748. The normalized spacial score (nSPS) is 12.5. The lowest BCUT2D eigenvalue weighted by Gasteiger charge is -2.15. The highest BCUT2D eigenvalue weighted by Gasteiger charge is 2.06. The highest BCUT2D eigenvalue weighted by molar-refractivity contribution is 5.30. The molecule has 3 heteroatoms. The minimum atomic E-state index is 0.204. The number of likely N-dealkylation sites (N-methyl/N-ethyl adjacent to an activating group) is 1. The van der Waals surface area contributed by atoms with Gasteiger partial charge in [0.05, 0.1) is 6.61 Å². The fourth-order valence-electron chi connectivity index (χ4n) is 1.46. The number of hydrogen-bond donors (Lipinski definition) is 2. The van der Waals surface area contributed by atoms with Crippen LogP contribution in [0.5, 0.6) is 5.75 Å². The fraction of sp³-hybridized carbons (Fsp3) is 0.500. The van der Waals surface area contributed by atoms with Crippen LogP contribution in [0.1, 0.15) is 24.9 Å². The first-order valence-corrected chi connectivity index (χ1v) is 5.42. The van der Waals surface area contributed by atoms with Crippen molar-refractivity contribution in [3.8, 4) is 5.75 Å². The van der Waals surface area contributed by atoms with Crippen molar-refractivity contribution < 1.29 is 4.74 Å². The van der Waals surface area contributed by atoms with Crippen LogP contribution in [-0.4, -0.2) is 20.2 Å². The van der Waals surface area contributed by atoms with E-state index in [9.17, 15) is 0 Å². The maximum Gasteiger partial charge on any atom is 0.119 e. The maximum atomic E-state index is 5.66. The Balaban J connectivity index is 2.72. The van der Waals surface area contributed by atoms with Crippen LogP contribution in [0.3, 0.4) is 0 Å². The summed E-state index contributed by atoms with van der Waals surface area (Å²) in [6.07, 6.45) is 1.02. The van der Waals surface area contributed by atoms with E-state index >= 15 is 0 Å². The molecule has 0 amide bonds. The summed E-state index contributed by atoms with van der Waals surface area (Å²) in [5.74, 6) is 0.919. The van der Waals surface area contributed by atoms with Gasteiger partial charge in [-0.15, -0.1) is 0 Å². The van der Waals surface area contributed by atoms with Gasteiger partial charge in [0.2, 0.25) is 0 Å². The second-order valence-electron chi connectivity index (χ2n) is 3.50. The minimum Gasteiger partial charge on any atom is -0.494 e. The average molecular weight is 208 g/mol. The van der Waals surface area contributed by atoms with Gasteiger partial charge in [-0.25, -0.2) is 0 Å². The molecular formula is C12H20N2O. The van der Waals surface area contributed by atoms with Crippen molar-refractivity contribution in [2.45, 2.75) is 19.4 Å². The van der Waals surface area contributed by atoms with Crippen LogP contribution in [0.25, 0.3) is 0 Å². The maximum absolute atomic E-state index is 5.66. The second kappa shape index (κ2) is 6.43. The minimum absolute atomic E-state index is 0.204. The van der Waals surface area contributed by atoms with E-state index < -0.39 is 0 Å². The van der Waals surface area contributed by atoms with E-state index in [-0.39, 0.29) is 6.04 Å². The molecule has 1 unspecified atom stereocenters. The van der Waals surface area contributed by atoms with E-state index in [0.717, 1.165) is 18.8 Å². The molecule has 0 aliphatic heterocycles. The van der Waals surface area contributed by atoms with Gasteiger partial charge in [-0.05, 0) is 31.2 Å². The highest BCUT2D eigenvalue weighted by atomic mass is 16.5. The average Bonchev–Trinajstić information content (AvgIpc) is 2.29. The van der Waals surface area contributed by atoms with Gasteiger partial charge in [-0.3, -0.25) is 0 Å². The molecule has 15 heavy (non-hydrogen) atoms. The van der Waals surface area contributed by atoms with Crippen LogP contribution in [0.2, 0.25) is 0 Å². The number of ether oxygens (including phenoxy) is 1. The van der Waals surface area contributed by atoms with E-state index in [1.807, 2.05) is 25.2 Å². The second-order valence-corrected chi connectivity index (χ2v) is 3.50. The van der Waals surface area contributed by atoms with E-state index in [2.05, 4.69) is 18.3 Å². The van der Waals surface area contributed by atoms with Crippen LogP contribution in [-0.2, 0) is 0 Å². The summed E-state index contributed by atoms with van der Waals surface area (Å²) in [4.78, 5) is 0. The molecule has 0 saturated carbocycles. The van der Waals surface area contributed by atoms with E-state index in [1.165, 1.54) is 5.56 Å². The molecule has 3 N–H and O–H groups in total. The first kappa shape index (κ1) is 12.0. The SMILES string of the molecule is CCCOc1cccc(C(CN)NC)c1. The van der Waals surface area contributed by atoms with E-state index in [1.54, 1.807) is 0 Å². The van der Waals surface area contributed by atoms with Crippen LogP contribution >= 0.6 is 0 Å². The summed E-state index contributed by atoms with van der Waals surface area (Å²) < 4.78 is 5.57. The van der Waals surface area contributed by atoms with Crippen LogP contribution < -0.4 is 15.8 Å². The molecule has 0 aliphatic carbocycles. The molecule has 84 valence electrons. The molecule has 0 radical (unpaired) electrons. The Kier molecular flexibility index (Phi) is 5.15. The zero-order valence-corrected chi connectivity index (χ0v) is 9.49. The predicted octanol–water partition coefficient (Wildman–Crippen LogP) is 1.69. The third kappa shape index (κ3) is 3.53. The Morgan fingerprint density at radius 1 is 1.47 bits per heavy atom. The summed E-state index contributed by atoms with van der Waals surface area (Å²) >= 11 is 0. The topological polar surface area (TPSA) is 47.3 Å². The van der Waals surface area contributed by atoms with Crippen LogP contribution in [0.15, 0.2) is 24.3 Å². The third-order valence-electron chi connectivity index (χ3n) is 2.32. The summed E-state index contributed by atoms with van der Waals surface area (Å²) in [5.41, 5.74) is 6.84. The van der Waals surface area contributed by atoms with Crippen molar-refractivity contribution >= 4 is 0 Å². The molecule has 0 bridgehead atoms. The van der Waals surface area contributed by atoms with Crippen molar-refractivity contribution in [1.82, 2.24) is 5.32 Å². The van der Waals surface area contributed by atoms with E-state index in [4.69, 9.17) is 10.5 Å². The van der Waals surface area contributed by atoms with Crippen LogP contribution in [0.4, 0.5) is 0 Å². The molecule has 0 aliphatic rings. The van der Waals surface area contributed by atoms with Crippen molar-refractivity contribution in [2.24, 2.45) is 5.73 Å². The molecule has 0 aromatic heterocycles. The molecule has 0 fully saturated rings. The predicted molar refractivity (Wildman–Crippen MR) is 63.1 cm³/mol. The van der Waals surface area contributed by atoms with Gasteiger partial charge in [0, 0.05) is 12.6 Å². The summed E-state index contributed by atoms with van der Waals surface area (Å²) in [7, 11) is 1.91. The van der Waals surface area contributed by atoms with Gasteiger partial charge in [-0.1, -0.05) is 19.1 Å². The van der Waals surface area contributed by atoms with Gasteiger partial charge in [0.1, 0.15) is 5.75 Å². The largest absolute Gasteiger partial charge is 0.494 e. The van der Waals surface area contributed by atoms with Gasteiger partial charge >= 0.3 is 0 Å². The van der Waals surface area contributed by atoms with Crippen molar-refractivity contribution in [3.05, 3.63) is 29.8 Å². The molecule has 1 aromatic rings. The Morgan fingerprint density at radius 2 is 2.27 bits per heavy atom. The number of rotatable bonds is 6. The summed E-state index contributed by atoms with van der Waals surface area (Å²) in [6, 6.07) is 8.29.